The largest absolute Gasteiger partial charge is 0.383 e. The molecule has 3 amide bonds. The van der Waals surface area contributed by atoms with E-state index in [0.717, 1.165) is 12.0 Å². The Balaban J connectivity index is 1.66. The number of hydrogen-bond donors (Lipinski definition) is 2. The molecule has 0 spiro atoms. The van der Waals surface area contributed by atoms with Gasteiger partial charge in [-0.3, -0.25) is 4.79 Å². The number of rotatable bonds is 5. The van der Waals surface area contributed by atoms with Crippen LogP contribution >= 0.6 is 0 Å². The number of methoxy groups -OCH3 is 1. The number of anilines is 1. The zero-order valence-corrected chi connectivity index (χ0v) is 14.8. The third-order valence-electron chi connectivity index (χ3n) is 4.38. The molecule has 2 N–H and O–H groups in total. The Labute approximate surface area is 153 Å². The van der Waals surface area contributed by atoms with Crippen LogP contribution in [0.1, 0.15) is 21.5 Å². The SMILES string of the molecule is COCCNC(=O)Nc1ccc2c(c1)CN(C(=O)c1ccccc1)CC2. The van der Waals surface area contributed by atoms with Gasteiger partial charge in [0, 0.05) is 38.0 Å². The van der Waals surface area contributed by atoms with Crippen molar-refractivity contribution in [1.29, 1.82) is 0 Å². The highest BCUT2D eigenvalue weighted by Crippen LogP contribution is 2.24. The standard InChI is InChI=1S/C20H23N3O3/c1-26-12-10-21-20(25)22-18-8-7-15-9-11-23(14-17(15)13-18)19(24)16-5-3-2-4-6-16/h2-8,13H,9-12,14H2,1H3,(H2,21,22,25). The molecular formula is C20H23N3O3. The lowest BCUT2D eigenvalue weighted by atomic mass is 9.98. The number of urea groups is 1. The Bertz CT molecular complexity index is 777. The van der Waals surface area contributed by atoms with E-state index in [1.165, 1.54) is 5.56 Å². The third kappa shape index (κ3) is 4.40. The molecular weight excluding hydrogens is 330 g/mol. The minimum Gasteiger partial charge on any atom is -0.383 e. The topological polar surface area (TPSA) is 70.7 Å². The van der Waals surface area contributed by atoms with Crippen molar-refractivity contribution in [2.24, 2.45) is 0 Å². The van der Waals surface area contributed by atoms with E-state index < -0.39 is 0 Å². The van der Waals surface area contributed by atoms with Crippen molar-refractivity contribution in [3.05, 3.63) is 65.2 Å². The quantitative estimate of drug-likeness (QED) is 0.812. The Morgan fingerprint density at radius 2 is 1.92 bits per heavy atom. The van der Waals surface area contributed by atoms with Gasteiger partial charge in [0.2, 0.25) is 0 Å². The second kappa shape index (κ2) is 8.49. The maximum absolute atomic E-state index is 12.7. The van der Waals surface area contributed by atoms with Gasteiger partial charge in [-0.1, -0.05) is 24.3 Å². The molecule has 0 atom stereocenters. The first-order valence-electron chi connectivity index (χ1n) is 8.67. The molecule has 6 nitrogen and oxygen atoms in total. The van der Waals surface area contributed by atoms with Gasteiger partial charge in [0.1, 0.15) is 0 Å². The number of nitrogens with one attached hydrogen (secondary N) is 2. The van der Waals surface area contributed by atoms with E-state index in [1.54, 1.807) is 7.11 Å². The van der Waals surface area contributed by atoms with Crippen molar-refractivity contribution in [1.82, 2.24) is 10.2 Å². The highest BCUT2D eigenvalue weighted by atomic mass is 16.5. The summed E-state index contributed by atoms with van der Waals surface area (Å²) in [4.78, 5) is 26.4. The third-order valence-corrected chi connectivity index (χ3v) is 4.38. The molecule has 0 radical (unpaired) electrons. The molecule has 0 bridgehead atoms. The lowest BCUT2D eigenvalue weighted by molar-refractivity contribution is 0.0734. The van der Waals surface area contributed by atoms with Gasteiger partial charge in [-0.15, -0.1) is 0 Å². The Morgan fingerprint density at radius 1 is 1.12 bits per heavy atom. The molecule has 0 fully saturated rings. The van der Waals surface area contributed by atoms with Crippen molar-refractivity contribution in [3.63, 3.8) is 0 Å². The van der Waals surface area contributed by atoms with Crippen LogP contribution in [0.25, 0.3) is 0 Å². The predicted octanol–water partition coefficient (Wildman–Crippen LogP) is 2.65. The number of hydrogen-bond acceptors (Lipinski definition) is 3. The summed E-state index contributed by atoms with van der Waals surface area (Å²) in [6, 6.07) is 14.9. The van der Waals surface area contributed by atoms with Gasteiger partial charge in [-0.05, 0) is 41.8 Å². The summed E-state index contributed by atoms with van der Waals surface area (Å²) in [5.41, 5.74) is 3.69. The molecule has 0 aliphatic carbocycles. The summed E-state index contributed by atoms with van der Waals surface area (Å²) in [6.07, 6.45) is 0.814. The molecule has 2 aromatic carbocycles. The van der Waals surface area contributed by atoms with Gasteiger partial charge in [0.25, 0.3) is 5.91 Å². The smallest absolute Gasteiger partial charge is 0.319 e. The molecule has 3 rings (SSSR count). The van der Waals surface area contributed by atoms with E-state index >= 15 is 0 Å². The van der Waals surface area contributed by atoms with Crippen molar-refractivity contribution >= 4 is 17.6 Å². The van der Waals surface area contributed by atoms with Crippen LogP contribution in [-0.4, -0.2) is 43.6 Å². The monoisotopic (exact) mass is 353 g/mol. The first-order chi connectivity index (χ1) is 12.7. The van der Waals surface area contributed by atoms with Crippen molar-refractivity contribution in [2.45, 2.75) is 13.0 Å². The minimum absolute atomic E-state index is 0.0342. The minimum atomic E-state index is -0.268. The summed E-state index contributed by atoms with van der Waals surface area (Å²) < 4.78 is 4.91. The van der Waals surface area contributed by atoms with Gasteiger partial charge in [-0.25, -0.2) is 4.79 Å². The fourth-order valence-corrected chi connectivity index (χ4v) is 3.01. The number of ether oxygens (including phenoxy) is 1. The summed E-state index contributed by atoms with van der Waals surface area (Å²) in [7, 11) is 1.59. The number of fused-ring (bicyclic) bond motifs is 1. The average molecular weight is 353 g/mol. The lowest BCUT2D eigenvalue weighted by Gasteiger charge is -2.29. The van der Waals surface area contributed by atoms with Gasteiger partial charge < -0.3 is 20.3 Å². The molecule has 0 saturated heterocycles. The van der Waals surface area contributed by atoms with Crippen LogP contribution in [0.5, 0.6) is 0 Å². The summed E-state index contributed by atoms with van der Waals surface area (Å²) in [5.74, 6) is 0.0342. The zero-order valence-electron chi connectivity index (χ0n) is 14.8. The van der Waals surface area contributed by atoms with Crippen LogP contribution in [0.3, 0.4) is 0 Å². The molecule has 0 unspecified atom stereocenters. The molecule has 136 valence electrons. The van der Waals surface area contributed by atoms with Crippen LogP contribution in [0.15, 0.2) is 48.5 Å². The number of benzene rings is 2. The van der Waals surface area contributed by atoms with Crippen molar-refractivity contribution in [3.8, 4) is 0 Å². The Kier molecular flexibility index (Phi) is 5.86. The highest BCUT2D eigenvalue weighted by Gasteiger charge is 2.22. The summed E-state index contributed by atoms with van der Waals surface area (Å²) >= 11 is 0. The average Bonchev–Trinajstić information content (AvgIpc) is 2.67. The maximum Gasteiger partial charge on any atom is 0.319 e. The molecule has 2 aromatic rings. The van der Waals surface area contributed by atoms with E-state index in [1.807, 2.05) is 53.4 Å². The molecule has 26 heavy (non-hydrogen) atoms. The molecule has 0 saturated carbocycles. The molecule has 1 heterocycles. The predicted molar refractivity (Wildman–Crippen MR) is 100 cm³/mol. The van der Waals surface area contributed by atoms with Crippen molar-refractivity contribution in [2.75, 3.05) is 32.1 Å². The number of carbonyl (C=O) groups is 2. The molecule has 1 aliphatic rings. The van der Waals surface area contributed by atoms with Crippen LogP contribution in [-0.2, 0) is 17.7 Å². The Hall–Kier alpha value is -2.86. The fourth-order valence-electron chi connectivity index (χ4n) is 3.01. The van der Waals surface area contributed by atoms with Gasteiger partial charge in [0.05, 0.1) is 6.61 Å². The van der Waals surface area contributed by atoms with Gasteiger partial charge >= 0.3 is 6.03 Å². The van der Waals surface area contributed by atoms with Gasteiger partial charge in [0.15, 0.2) is 0 Å². The van der Waals surface area contributed by atoms with Crippen LogP contribution < -0.4 is 10.6 Å². The highest BCUT2D eigenvalue weighted by molar-refractivity contribution is 5.94. The van der Waals surface area contributed by atoms with Crippen molar-refractivity contribution < 1.29 is 14.3 Å². The lowest BCUT2D eigenvalue weighted by Crippen LogP contribution is -2.36. The van der Waals surface area contributed by atoms with Crippen LogP contribution in [0.4, 0.5) is 10.5 Å². The van der Waals surface area contributed by atoms with E-state index in [9.17, 15) is 9.59 Å². The normalized spacial score (nSPS) is 13.0. The van der Waals surface area contributed by atoms with E-state index in [0.29, 0.717) is 37.5 Å². The molecule has 6 heteroatoms. The van der Waals surface area contributed by atoms with Gasteiger partial charge in [-0.2, -0.15) is 0 Å². The van der Waals surface area contributed by atoms with E-state index in [-0.39, 0.29) is 11.9 Å². The summed E-state index contributed by atoms with van der Waals surface area (Å²) in [6.45, 7) is 2.16. The molecule has 1 aliphatic heterocycles. The first kappa shape index (κ1) is 17.9. The second-order valence-corrected chi connectivity index (χ2v) is 6.20. The first-order valence-corrected chi connectivity index (χ1v) is 8.67. The zero-order chi connectivity index (χ0) is 18.4. The Morgan fingerprint density at radius 3 is 2.69 bits per heavy atom. The van der Waals surface area contributed by atoms with Crippen LogP contribution in [0.2, 0.25) is 0 Å². The molecule has 0 aromatic heterocycles. The maximum atomic E-state index is 12.7. The van der Waals surface area contributed by atoms with Crippen LogP contribution in [0, 0.1) is 0 Å². The number of amides is 3. The number of nitrogens with zero attached hydrogens (tertiary/aromatic N) is 1. The fraction of sp³-hybridized carbons (Fsp3) is 0.300. The summed E-state index contributed by atoms with van der Waals surface area (Å²) in [5, 5.41) is 5.54. The number of carbonyl (C=O) groups excluding carboxylic acids is 2. The second-order valence-electron chi connectivity index (χ2n) is 6.20. The van der Waals surface area contributed by atoms with E-state index in [2.05, 4.69) is 10.6 Å². The van der Waals surface area contributed by atoms with E-state index in [4.69, 9.17) is 4.74 Å².